The van der Waals surface area contributed by atoms with Gasteiger partial charge in [-0.25, -0.2) is 0 Å². The van der Waals surface area contributed by atoms with Crippen molar-refractivity contribution in [1.82, 2.24) is 14.6 Å². The number of rotatable bonds is 5. The fraction of sp³-hybridized carbons (Fsp3) is 0.600. The average Bonchev–Trinajstić information content (AvgIpc) is 3.04. The molecule has 1 saturated carbocycles. The van der Waals surface area contributed by atoms with Gasteiger partial charge in [-0.15, -0.1) is 5.01 Å². The van der Waals surface area contributed by atoms with Crippen molar-refractivity contribution < 1.29 is 4.74 Å². The fourth-order valence-corrected chi connectivity index (χ4v) is 4.32. The number of quaternary nitrogens is 1. The molecule has 1 aromatic rings. The predicted molar refractivity (Wildman–Crippen MR) is 100.0 cm³/mol. The third-order valence-corrected chi connectivity index (χ3v) is 6.31. The van der Waals surface area contributed by atoms with Gasteiger partial charge in [-0.1, -0.05) is 17.6 Å². The zero-order chi connectivity index (χ0) is 17.4. The molecule has 0 bridgehead atoms. The number of piperidine rings is 1. The van der Waals surface area contributed by atoms with Crippen LogP contribution in [0, 0.1) is 6.20 Å². The second kappa shape index (κ2) is 6.76. The van der Waals surface area contributed by atoms with Crippen molar-refractivity contribution in [3.8, 4) is 5.75 Å². The molecule has 1 aliphatic carbocycles. The molecule has 1 unspecified atom stereocenters. The molecule has 3 aliphatic heterocycles. The van der Waals surface area contributed by atoms with Crippen molar-refractivity contribution in [3.63, 3.8) is 0 Å². The van der Waals surface area contributed by atoms with Crippen LogP contribution < -0.4 is 9.44 Å². The normalized spacial score (nSPS) is 30.3. The molecule has 5 rings (SSSR count). The van der Waals surface area contributed by atoms with Crippen LogP contribution in [0.3, 0.4) is 0 Å². The van der Waals surface area contributed by atoms with Gasteiger partial charge in [0.05, 0.1) is 18.3 Å². The number of hydrogen-bond donors (Lipinski definition) is 0. The molecule has 137 valence electrons. The molecule has 3 fully saturated rings. The summed E-state index contributed by atoms with van der Waals surface area (Å²) in [7, 11) is 0. The van der Waals surface area contributed by atoms with E-state index in [0.717, 1.165) is 43.4 Å². The summed E-state index contributed by atoms with van der Waals surface area (Å²) < 4.78 is 6.65. The lowest BCUT2D eigenvalue weighted by molar-refractivity contribution is -0.0264. The first-order chi connectivity index (χ1) is 12.8. The van der Waals surface area contributed by atoms with E-state index in [4.69, 9.17) is 4.74 Å². The van der Waals surface area contributed by atoms with Crippen molar-refractivity contribution in [2.24, 2.45) is 10.3 Å². The summed E-state index contributed by atoms with van der Waals surface area (Å²) in [6, 6.07) is 9.21. The lowest BCUT2D eigenvalue weighted by atomic mass is 9.90. The Morgan fingerprint density at radius 2 is 1.88 bits per heavy atom. The standard InChI is InChI=1S/C20H27N5O/c1-4-17(5-1)23-13-8-19(9-14-23)26-20-7-2-6-18(16-20)25(15-10-21-22-25)24-11-3-12-24/h2,6-7,15-17,19H,1,3-5,8-9,11-14H2/q+1. The summed E-state index contributed by atoms with van der Waals surface area (Å²) in [4.78, 5) is 2.66. The quantitative estimate of drug-likeness (QED) is 0.759. The summed E-state index contributed by atoms with van der Waals surface area (Å²) >= 11 is 0. The highest BCUT2D eigenvalue weighted by Crippen LogP contribution is 2.36. The Morgan fingerprint density at radius 1 is 1.04 bits per heavy atom. The van der Waals surface area contributed by atoms with E-state index in [1.807, 2.05) is 6.20 Å². The molecular weight excluding hydrogens is 326 g/mol. The van der Waals surface area contributed by atoms with Crippen molar-refractivity contribution in [2.75, 3.05) is 26.2 Å². The van der Waals surface area contributed by atoms with Crippen molar-refractivity contribution in [2.45, 2.75) is 50.7 Å². The van der Waals surface area contributed by atoms with Gasteiger partial charge in [-0.3, -0.25) is 0 Å². The predicted octanol–water partition coefficient (Wildman–Crippen LogP) is 3.67. The van der Waals surface area contributed by atoms with Crippen molar-refractivity contribution >= 4 is 5.69 Å². The van der Waals surface area contributed by atoms with Gasteiger partial charge in [0.1, 0.15) is 11.9 Å². The summed E-state index contributed by atoms with van der Waals surface area (Å²) in [5, 5.41) is 10.7. The SMILES string of the molecule is [C]1=C[N+](c2cccc(OC3CCN(C4CCC4)CC3)c2)(N2CCC2)N=N1. The average molecular weight is 353 g/mol. The Morgan fingerprint density at radius 3 is 2.50 bits per heavy atom. The molecule has 0 aromatic heterocycles. The minimum absolute atomic E-state index is 0.303. The molecule has 6 heteroatoms. The van der Waals surface area contributed by atoms with Gasteiger partial charge in [-0.2, -0.15) is 0 Å². The van der Waals surface area contributed by atoms with E-state index in [-0.39, 0.29) is 0 Å². The molecule has 0 spiro atoms. The van der Waals surface area contributed by atoms with Crippen LogP contribution in [0.2, 0.25) is 0 Å². The second-order valence-corrected chi connectivity index (χ2v) is 7.84. The smallest absolute Gasteiger partial charge is 0.189 e. The van der Waals surface area contributed by atoms with E-state index < -0.39 is 0 Å². The van der Waals surface area contributed by atoms with Gasteiger partial charge < -0.3 is 9.64 Å². The van der Waals surface area contributed by atoms with E-state index in [1.165, 1.54) is 38.8 Å². The van der Waals surface area contributed by atoms with E-state index in [0.29, 0.717) is 10.8 Å². The number of nitrogens with zero attached hydrogens (tertiary/aromatic N) is 5. The van der Waals surface area contributed by atoms with Crippen LogP contribution in [0.4, 0.5) is 5.69 Å². The number of benzene rings is 1. The maximum absolute atomic E-state index is 6.35. The molecule has 6 nitrogen and oxygen atoms in total. The Labute approximate surface area is 155 Å². The topological polar surface area (TPSA) is 40.4 Å². The zero-order valence-corrected chi connectivity index (χ0v) is 15.3. The molecule has 26 heavy (non-hydrogen) atoms. The van der Waals surface area contributed by atoms with E-state index in [1.54, 1.807) is 0 Å². The number of likely N-dealkylation sites (tertiary alicyclic amines) is 1. The Hall–Kier alpha value is -1.76. The van der Waals surface area contributed by atoms with Crippen molar-refractivity contribution in [1.29, 1.82) is 0 Å². The number of hydrogen-bond acceptors (Lipinski definition) is 5. The minimum Gasteiger partial charge on any atom is -0.490 e. The maximum atomic E-state index is 6.35. The van der Waals surface area contributed by atoms with Crippen molar-refractivity contribution in [3.05, 3.63) is 36.7 Å². The van der Waals surface area contributed by atoms with Crippen LogP contribution in [-0.4, -0.2) is 48.2 Å². The summed E-state index contributed by atoms with van der Waals surface area (Å²) in [6.07, 6.45) is 12.8. The third-order valence-electron chi connectivity index (χ3n) is 6.31. The highest BCUT2D eigenvalue weighted by atomic mass is 16.5. The monoisotopic (exact) mass is 353 g/mol. The molecule has 0 amide bonds. The van der Waals surface area contributed by atoms with Gasteiger partial charge in [0.2, 0.25) is 0 Å². The van der Waals surface area contributed by atoms with Gasteiger partial charge in [0, 0.05) is 31.3 Å². The van der Waals surface area contributed by atoms with Crippen LogP contribution in [0.1, 0.15) is 38.5 Å². The highest BCUT2D eigenvalue weighted by Gasteiger charge is 2.44. The highest BCUT2D eigenvalue weighted by molar-refractivity contribution is 5.48. The Bertz CT molecular complexity index is 690. The van der Waals surface area contributed by atoms with Gasteiger partial charge in [-0.05, 0) is 42.9 Å². The van der Waals surface area contributed by atoms with E-state index >= 15 is 0 Å². The van der Waals surface area contributed by atoms with Gasteiger partial charge in [0.25, 0.3) is 0 Å². The fourth-order valence-electron chi connectivity index (χ4n) is 4.32. The molecule has 4 aliphatic rings. The summed E-state index contributed by atoms with van der Waals surface area (Å²) in [6.45, 7) is 4.41. The number of ether oxygens (including phenoxy) is 1. The first kappa shape index (κ1) is 16.4. The molecule has 0 N–H and O–H groups in total. The molecule has 3 heterocycles. The van der Waals surface area contributed by atoms with Crippen LogP contribution in [0.25, 0.3) is 0 Å². The van der Waals surface area contributed by atoms with Crippen LogP contribution in [-0.2, 0) is 0 Å². The summed E-state index contributed by atoms with van der Waals surface area (Å²) in [5.41, 5.74) is 1.07. The van der Waals surface area contributed by atoms with Crippen LogP contribution in [0.15, 0.2) is 40.8 Å². The maximum Gasteiger partial charge on any atom is 0.189 e. The van der Waals surface area contributed by atoms with E-state index in [9.17, 15) is 0 Å². The first-order valence-electron chi connectivity index (χ1n) is 10.0. The Balaban J connectivity index is 1.27. The largest absolute Gasteiger partial charge is 0.490 e. The molecule has 1 atom stereocenters. The van der Waals surface area contributed by atoms with E-state index in [2.05, 4.69) is 50.7 Å². The summed E-state index contributed by atoms with van der Waals surface area (Å²) in [5.74, 6) is 0.943. The third kappa shape index (κ3) is 2.86. The second-order valence-electron chi connectivity index (χ2n) is 7.84. The first-order valence-corrected chi connectivity index (χ1v) is 10.0. The van der Waals surface area contributed by atoms with Crippen LogP contribution >= 0.6 is 0 Å². The minimum atomic E-state index is 0.303. The lowest BCUT2D eigenvalue weighted by Gasteiger charge is -2.41. The van der Waals surface area contributed by atoms with Gasteiger partial charge in [0.15, 0.2) is 18.1 Å². The van der Waals surface area contributed by atoms with Gasteiger partial charge >= 0.3 is 0 Å². The molecule has 1 aromatic carbocycles. The Kier molecular flexibility index (Phi) is 4.27. The molecular formula is C20H27N5O+. The zero-order valence-electron chi connectivity index (χ0n) is 15.3. The molecule has 2 saturated heterocycles. The lowest BCUT2D eigenvalue weighted by Crippen LogP contribution is -2.59. The van der Waals surface area contributed by atoms with Crippen LogP contribution in [0.5, 0.6) is 5.75 Å². The molecule has 1 radical (unpaired) electrons.